The Bertz CT molecular complexity index is 486. The van der Waals surface area contributed by atoms with Gasteiger partial charge in [-0.15, -0.1) is 6.58 Å². The van der Waals surface area contributed by atoms with Crippen molar-refractivity contribution in [3.05, 3.63) is 36.4 Å². The molecular formula is C20H33NO3. The molecule has 0 spiro atoms. The van der Waals surface area contributed by atoms with Crippen molar-refractivity contribution in [2.24, 2.45) is 0 Å². The molecule has 0 unspecified atom stereocenters. The molecule has 3 N–H and O–H groups in total. The summed E-state index contributed by atoms with van der Waals surface area (Å²) in [6.45, 7) is 4.26. The molecule has 0 aliphatic heterocycles. The van der Waals surface area contributed by atoms with E-state index in [4.69, 9.17) is 0 Å². The van der Waals surface area contributed by atoms with Crippen molar-refractivity contribution in [3.63, 3.8) is 0 Å². The van der Waals surface area contributed by atoms with Crippen molar-refractivity contribution in [2.75, 3.05) is 6.54 Å². The first-order chi connectivity index (χ1) is 11.1. The van der Waals surface area contributed by atoms with Crippen LogP contribution in [0.1, 0.15) is 64.4 Å². The lowest BCUT2D eigenvalue weighted by Crippen LogP contribution is -2.25. The molecule has 24 heavy (non-hydrogen) atoms. The Morgan fingerprint density at radius 3 is 2.38 bits per heavy atom. The Balaban J connectivity index is 0.00000529. The first kappa shape index (κ1) is 22.0. The number of rotatable bonds is 12. The van der Waals surface area contributed by atoms with Crippen LogP contribution in [0.15, 0.2) is 30.9 Å². The number of unbranched alkanes of at least 4 members (excludes halogenated alkanes) is 6. The van der Waals surface area contributed by atoms with Crippen molar-refractivity contribution in [3.8, 4) is 11.5 Å². The predicted molar refractivity (Wildman–Crippen MR) is 100 cm³/mol. The van der Waals surface area contributed by atoms with Crippen molar-refractivity contribution >= 4 is 5.91 Å². The molecular weight excluding hydrogens is 302 g/mol. The van der Waals surface area contributed by atoms with Gasteiger partial charge >= 0.3 is 0 Å². The second-order valence-corrected chi connectivity index (χ2v) is 5.87. The Kier molecular flexibility index (Phi) is 12.4. The van der Waals surface area contributed by atoms with E-state index in [0.717, 1.165) is 24.8 Å². The normalized spacial score (nSPS) is 10.0. The lowest BCUT2D eigenvalue weighted by Gasteiger charge is -2.06. The number of phenolic OH excluding ortho intramolecular Hbond substituents is 2. The third kappa shape index (κ3) is 9.93. The van der Waals surface area contributed by atoms with Gasteiger partial charge in [0, 0.05) is 13.0 Å². The molecule has 0 aliphatic carbocycles. The van der Waals surface area contributed by atoms with E-state index in [2.05, 4.69) is 11.9 Å². The smallest absolute Gasteiger partial charge is 0.220 e. The highest BCUT2D eigenvalue weighted by molar-refractivity contribution is 5.75. The van der Waals surface area contributed by atoms with Crippen LogP contribution in [0, 0.1) is 0 Å². The fourth-order valence-electron chi connectivity index (χ4n) is 2.44. The number of hydrogen-bond acceptors (Lipinski definition) is 3. The minimum Gasteiger partial charge on any atom is -0.504 e. The predicted octanol–water partition coefficient (Wildman–Crippen LogP) is 4.70. The number of benzene rings is 1. The van der Waals surface area contributed by atoms with Gasteiger partial charge in [-0.25, -0.2) is 0 Å². The van der Waals surface area contributed by atoms with Gasteiger partial charge in [0.2, 0.25) is 5.91 Å². The molecule has 0 fully saturated rings. The molecule has 1 aromatic carbocycles. The summed E-state index contributed by atoms with van der Waals surface area (Å²) in [7, 11) is 0. The molecule has 0 atom stereocenters. The molecule has 0 aliphatic rings. The first-order valence-electron chi connectivity index (χ1n) is 8.52. The van der Waals surface area contributed by atoms with Gasteiger partial charge in [0.05, 0.1) is 0 Å². The molecule has 136 valence electrons. The molecule has 0 aromatic heterocycles. The van der Waals surface area contributed by atoms with Crippen LogP contribution in [-0.4, -0.2) is 22.7 Å². The van der Waals surface area contributed by atoms with Gasteiger partial charge in [-0.05, 0) is 43.4 Å². The molecule has 4 nitrogen and oxygen atoms in total. The summed E-state index contributed by atoms with van der Waals surface area (Å²) in [5, 5.41) is 21.5. The standard InChI is InChI=1S/C19H29NO3.CH4/c1-2-3-4-5-6-7-8-9-10-19(23)20-14-13-16-11-12-17(21)18(22)15-16;/h2,11-12,15,21-22H,1,3-10,13-14H2,(H,20,23);1H4. The summed E-state index contributed by atoms with van der Waals surface area (Å²) in [6.07, 6.45) is 11.2. The Labute approximate surface area is 146 Å². The van der Waals surface area contributed by atoms with E-state index in [1.165, 1.54) is 37.8 Å². The van der Waals surface area contributed by atoms with Crippen molar-refractivity contribution < 1.29 is 15.0 Å². The summed E-state index contributed by atoms with van der Waals surface area (Å²) < 4.78 is 0. The molecule has 0 heterocycles. The van der Waals surface area contributed by atoms with Gasteiger partial charge in [0.1, 0.15) is 0 Å². The summed E-state index contributed by atoms with van der Waals surface area (Å²) in [5.74, 6) is -0.163. The highest BCUT2D eigenvalue weighted by atomic mass is 16.3. The van der Waals surface area contributed by atoms with Crippen LogP contribution in [0.2, 0.25) is 0 Å². The minimum absolute atomic E-state index is 0. The van der Waals surface area contributed by atoms with Crippen molar-refractivity contribution in [1.29, 1.82) is 0 Å². The van der Waals surface area contributed by atoms with Crippen molar-refractivity contribution in [1.82, 2.24) is 5.32 Å². The van der Waals surface area contributed by atoms with E-state index in [-0.39, 0.29) is 24.8 Å². The second kappa shape index (κ2) is 13.5. The van der Waals surface area contributed by atoms with E-state index in [0.29, 0.717) is 19.4 Å². The zero-order chi connectivity index (χ0) is 16.9. The second-order valence-electron chi connectivity index (χ2n) is 5.87. The number of allylic oxidation sites excluding steroid dienone is 1. The van der Waals surface area contributed by atoms with Crippen LogP contribution in [0.25, 0.3) is 0 Å². The lowest BCUT2D eigenvalue weighted by molar-refractivity contribution is -0.121. The molecule has 0 saturated heterocycles. The number of hydrogen-bond donors (Lipinski definition) is 3. The Morgan fingerprint density at radius 2 is 1.71 bits per heavy atom. The Morgan fingerprint density at radius 1 is 1.04 bits per heavy atom. The van der Waals surface area contributed by atoms with Crippen LogP contribution < -0.4 is 5.32 Å². The maximum absolute atomic E-state index is 11.7. The summed E-state index contributed by atoms with van der Waals surface area (Å²) >= 11 is 0. The number of aromatic hydroxyl groups is 2. The molecule has 1 amide bonds. The maximum atomic E-state index is 11.7. The topological polar surface area (TPSA) is 69.6 Å². The van der Waals surface area contributed by atoms with E-state index in [1.54, 1.807) is 6.07 Å². The summed E-state index contributed by atoms with van der Waals surface area (Å²) in [5.41, 5.74) is 0.889. The third-order valence-corrected chi connectivity index (χ3v) is 3.84. The molecule has 1 rings (SSSR count). The van der Waals surface area contributed by atoms with Crippen LogP contribution in [0.3, 0.4) is 0 Å². The van der Waals surface area contributed by atoms with E-state index < -0.39 is 0 Å². The molecule has 0 bridgehead atoms. The zero-order valence-corrected chi connectivity index (χ0v) is 13.9. The number of carbonyl (C=O) groups is 1. The van der Waals surface area contributed by atoms with Crippen LogP contribution in [0.5, 0.6) is 11.5 Å². The highest BCUT2D eigenvalue weighted by Gasteiger charge is 2.03. The number of nitrogens with one attached hydrogen (secondary N) is 1. The third-order valence-electron chi connectivity index (χ3n) is 3.84. The van der Waals surface area contributed by atoms with Gasteiger partial charge in [0.25, 0.3) is 0 Å². The fraction of sp³-hybridized carbons (Fsp3) is 0.550. The van der Waals surface area contributed by atoms with E-state index >= 15 is 0 Å². The lowest BCUT2D eigenvalue weighted by atomic mass is 10.1. The number of amides is 1. The quantitative estimate of drug-likeness (QED) is 0.294. The molecule has 1 aromatic rings. The summed E-state index contributed by atoms with van der Waals surface area (Å²) in [4.78, 5) is 11.7. The number of phenols is 2. The number of carbonyl (C=O) groups excluding carboxylic acids is 1. The van der Waals surface area contributed by atoms with E-state index in [1.807, 2.05) is 6.08 Å². The van der Waals surface area contributed by atoms with E-state index in [9.17, 15) is 15.0 Å². The van der Waals surface area contributed by atoms with Crippen LogP contribution >= 0.6 is 0 Å². The summed E-state index contributed by atoms with van der Waals surface area (Å²) in [6, 6.07) is 4.73. The SMILES string of the molecule is C.C=CCCCCCCCCC(=O)NCCc1ccc(O)c(O)c1. The monoisotopic (exact) mass is 335 g/mol. The zero-order valence-electron chi connectivity index (χ0n) is 13.9. The van der Waals surface area contributed by atoms with Crippen molar-refractivity contribution in [2.45, 2.75) is 65.2 Å². The highest BCUT2D eigenvalue weighted by Crippen LogP contribution is 2.24. The first-order valence-corrected chi connectivity index (χ1v) is 8.52. The molecule has 0 saturated carbocycles. The van der Waals surface area contributed by atoms with Gasteiger partial charge in [-0.2, -0.15) is 0 Å². The average Bonchev–Trinajstić information content (AvgIpc) is 2.53. The fourth-order valence-corrected chi connectivity index (χ4v) is 2.44. The van der Waals surface area contributed by atoms with Crippen LogP contribution in [-0.2, 0) is 11.2 Å². The van der Waals surface area contributed by atoms with Gasteiger partial charge in [-0.1, -0.05) is 45.3 Å². The molecule has 0 radical (unpaired) electrons. The Hall–Kier alpha value is -1.97. The van der Waals surface area contributed by atoms with Gasteiger partial charge in [0.15, 0.2) is 11.5 Å². The largest absolute Gasteiger partial charge is 0.504 e. The average molecular weight is 335 g/mol. The van der Waals surface area contributed by atoms with Crippen LogP contribution in [0.4, 0.5) is 0 Å². The maximum Gasteiger partial charge on any atom is 0.220 e. The van der Waals surface area contributed by atoms with Gasteiger partial charge in [-0.3, -0.25) is 4.79 Å². The van der Waals surface area contributed by atoms with Gasteiger partial charge < -0.3 is 15.5 Å². The minimum atomic E-state index is -0.123. The molecule has 4 heteroatoms.